The second kappa shape index (κ2) is 9.86. The Morgan fingerprint density at radius 1 is 0.903 bits per heavy atom. The molecule has 2 aromatic heterocycles. The van der Waals surface area contributed by atoms with Gasteiger partial charge in [-0.25, -0.2) is 4.45 Å². The minimum absolute atomic E-state index is 0.418. The number of nitrogens with one attached hydrogen (secondary N) is 2. The van der Waals surface area contributed by atoms with E-state index < -0.39 is 0 Å². The van der Waals surface area contributed by atoms with E-state index in [1.807, 2.05) is 0 Å². The highest BCUT2D eigenvalue weighted by Gasteiger charge is 2.28. The van der Waals surface area contributed by atoms with Crippen LogP contribution in [0.1, 0.15) is 57.8 Å². The molecule has 2 aromatic rings. The lowest BCUT2D eigenvalue weighted by atomic mass is 9.90. The van der Waals surface area contributed by atoms with Crippen molar-refractivity contribution in [3.8, 4) is 0 Å². The molecule has 8 nitrogen and oxygen atoms in total. The summed E-state index contributed by atoms with van der Waals surface area (Å²) in [5.74, 6) is 1.60. The van der Waals surface area contributed by atoms with Crippen molar-refractivity contribution >= 4 is 48.1 Å². The Morgan fingerprint density at radius 3 is 2.35 bits per heavy atom. The Hall–Kier alpha value is -1.02. The van der Waals surface area contributed by atoms with Gasteiger partial charge in [-0.2, -0.15) is 15.1 Å². The molecule has 0 bridgehead atoms. The van der Waals surface area contributed by atoms with Crippen LogP contribution in [0.2, 0.25) is 0 Å². The highest BCUT2D eigenvalue weighted by Crippen LogP contribution is 2.33. The predicted octanol–water partition coefficient (Wildman–Crippen LogP) is 4.03. The standard InChI is InChI=1S/C21H33BrN7OP/c22-18-17-19(23-14-4-2-1-3-5-14)25-21(26-20(17)29(31)27-18)24-15-6-8-16(9-7-15)28-10-12-30-13-11-28/h14-16H,1-13,31H2,(H2,23,24,25,26). The molecule has 3 aliphatic rings. The summed E-state index contributed by atoms with van der Waals surface area (Å²) < 4.78 is 8.06. The Labute approximate surface area is 194 Å². The van der Waals surface area contributed by atoms with E-state index in [0.29, 0.717) is 24.1 Å². The summed E-state index contributed by atoms with van der Waals surface area (Å²) in [5.41, 5.74) is 0.828. The number of halogens is 1. The fourth-order valence-electron chi connectivity index (χ4n) is 5.32. The maximum Gasteiger partial charge on any atom is 0.226 e. The van der Waals surface area contributed by atoms with Crippen molar-refractivity contribution in [2.75, 3.05) is 36.9 Å². The third-order valence-corrected chi connectivity index (χ3v) is 7.96. The summed E-state index contributed by atoms with van der Waals surface area (Å²) in [4.78, 5) is 12.3. The molecule has 0 amide bonds. The van der Waals surface area contributed by atoms with Crippen molar-refractivity contribution in [2.45, 2.75) is 75.9 Å². The predicted molar refractivity (Wildman–Crippen MR) is 131 cm³/mol. The summed E-state index contributed by atoms with van der Waals surface area (Å²) in [7, 11) is 2.64. The van der Waals surface area contributed by atoms with E-state index in [1.165, 1.54) is 44.9 Å². The fourth-order valence-corrected chi connectivity index (χ4v) is 6.32. The van der Waals surface area contributed by atoms with Crippen LogP contribution < -0.4 is 10.6 Å². The van der Waals surface area contributed by atoms with Crippen LogP contribution in [0.15, 0.2) is 4.60 Å². The second-order valence-electron chi connectivity index (χ2n) is 9.11. The Morgan fingerprint density at radius 2 is 1.61 bits per heavy atom. The number of morpholine rings is 1. The summed E-state index contributed by atoms with van der Waals surface area (Å²) in [6, 6.07) is 1.59. The third-order valence-electron chi connectivity index (χ3n) is 7.05. The summed E-state index contributed by atoms with van der Waals surface area (Å²) in [6.07, 6.45) is 11.1. The normalized spacial score (nSPS) is 26.3. The molecule has 3 heterocycles. The lowest BCUT2D eigenvalue weighted by Crippen LogP contribution is -2.46. The van der Waals surface area contributed by atoms with Crippen LogP contribution in [-0.2, 0) is 4.74 Å². The molecule has 0 radical (unpaired) electrons. The number of ether oxygens (including phenoxy) is 1. The largest absolute Gasteiger partial charge is 0.379 e. The molecular formula is C21H33BrN7OP. The molecule has 1 unspecified atom stereocenters. The van der Waals surface area contributed by atoms with Gasteiger partial charge in [0, 0.05) is 31.2 Å². The average molecular weight is 510 g/mol. The molecule has 2 N–H and O–H groups in total. The fraction of sp³-hybridized carbons (Fsp3) is 0.762. The highest BCUT2D eigenvalue weighted by atomic mass is 79.9. The van der Waals surface area contributed by atoms with Gasteiger partial charge in [-0.3, -0.25) is 4.90 Å². The van der Waals surface area contributed by atoms with Crippen molar-refractivity contribution in [3.05, 3.63) is 4.60 Å². The van der Waals surface area contributed by atoms with E-state index in [-0.39, 0.29) is 0 Å². The molecule has 1 saturated heterocycles. The third kappa shape index (κ3) is 5.00. The van der Waals surface area contributed by atoms with Crippen LogP contribution >= 0.6 is 25.3 Å². The van der Waals surface area contributed by atoms with Crippen molar-refractivity contribution in [1.82, 2.24) is 24.4 Å². The molecule has 1 atom stereocenters. The van der Waals surface area contributed by atoms with Gasteiger partial charge in [0.1, 0.15) is 10.4 Å². The van der Waals surface area contributed by atoms with E-state index in [0.717, 1.165) is 60.6 Å². The van der Waals surface area contributed by atoms with Gasteiger partial charge < -0.3 is 15.4 Å². The average Bonchev–Trinajstić information content (AvgIpc) is 3.09. The van der Waals surface area contributed by atoms with Gasteiger partial charge in [-0.1, -0.05) is 19.3 Å². The SMILES string of the molecule is Pn1nc(Br)c2c(NC3CCCCC3)nc(NC3CCC(N4CCOCC4)CC3)nc21. The molecule has 2 aliphatic carbocycles. The molecular weight excluding hydrogens is 477 g/mol. The molecule has 31 heavy (non-hydrogen) atoms. The van der Waals surface area contributed by atoms with E-state index in [1.54, 1.807) is 4.45 Å². The zero-order valence-electron chi connectivity index (χ0n) is 18.0. The van der Waals surface area contributed by atoms with Crippen LogP contribution in [0, 0.1) is 0 Å². The van der Waals surface area contributed by atoms with E-state index in [2.05, 4.69) is 46.0 Å². The summed E-state index contributed by atoms with van der Waals surface area (Å²) in [6.45, 7) is 3.90. The van der Waals surface area contributed by atoms with E-state index >= 15 is 0 Å². The Balaban J connectivity index is 1.30. The van der Waals surface area contributed by atoms with Crippen LogP contribution in [0.25, 0.3) is 11.0 Å². The first-order chi connectivity index (χ1) is 15.2. The zero-order chi connectivity index (χ0) is 21.2. The van der Waals surface area contributed by atoms with Crippen molar-refractivity contribution in [3.63, 3.8) is 0 Å². The van der Waals surface area contributed by atoms with Gasteiger partial charge in [-0.15, -0.1) is 0 Å². The molecule has 5 rings (SSSR count). The monoisotopic (exact) mass is 509 g/mol. The molecule has 3 fully saturated rings. The van der Waals surface area contributed by atoms with Gasteiger partial charge in [0.25, 0.3) is 0 Å². The lowest BCUT2D eigenvalue weighted by Gasteiger charge is -2.38. The number of fused-ring (bicyclic) bond motifs is 1. The molecule has 0 spiro atoms. The van der Waals surface area contributed by atoms with Crippen molar-refractivity contribution < 1.29 is 4.74 Å². The van der Waals surface area contributed by atoms with Gasteiger partial charge in [0.2, 0.25) is 5.95 Å². The molecule has 2 saturated carbocycles. The summed E-state index contributed by atoms with van der Waals surface area (Å²) >= 11 is 3.60. The number of aromatic nitrogens is 4. The van der Waals surface area contributed by atoms with Gasteiger partial charge in [0.15, 0.2) is 5.65 Å². The number of rotatable bonds is 5. The molecule has 0 aromatic carbocycles. The molecule has 1 aliphatic heterocycles. The zero-order valence-corrected chi connectivity index (χ0v) is 20.8. The Kier molecular flexibility index (Phi) is 6.93. The maximum absolute atomic E-state index is 5.51. The van der Waals surface area contributed by atoms with E-state index in [4.69, 9.17) is 14.7 Å². The number of nitrogens with zero attached hydrogens (tertiary/aromatic N) is 5. The van der Waals surface area contributed by atoms with Crippen LogP contribution in [0.5, 0.6) is 0 Å². The van der Waals surface area contributed by atoms with Gasteiger partial charge in [0.05, 0.1) is 18.6 Å². The van der Waals surface area contributed by atoms with Gasteiger partial charge >= 0.3 is 0 Å². The van der Waals surface area contributed by atoms with Crippen LogP contribution in [0.4, 0.5) is 11.8 Å². The molecule has 10 heteroatoms. The lowest BCUT2D eigenvalue weighted by molar-refractivity contribution is 0.00790. The number of anilines is 2. The van der Waals surface area contributed by atoms with Crippen molar-refractivity contribution in [2.24, 2.45) is 0 Å². The maximum atomic E-state index is 5.51. The minimum Gasteiger partial charge on any atom is -0.379 e. The smallest absolute Gasteiger partial charge is 0.226 e. The minimum atomic E-state index is 0.418. The van der Waals surface area contributed by atoms with Crippen molar-refractivity contribution in [1.29, 1.82) is 0 Å². The van der Waals surface area contributed by atoms with Crippen LogP contribution in [0.3, 0.4) is 0 Å². The van der Waals surface area contributed by atoms with Gasteiger partial charge in [-0.05, 0) is 63.8 Å². The first kappa shape index (κ1) is 21.8. The number of hydrogen-bond donors (Lipinski definition) is 2. The van der Waals surface area contributed by atoms with E-state index in [9.17, 15) is 0 Å². The number of hydrogen-bond acceptors (Lipinski definition) is 7. The highest BCUT2D eigenvalue weighted by molar-refractivity contribution is 9.10. The quantitative estimate of drug-likeness (QED) is 0.589. The second-order valence-corrected chi connectivity index (χ2v) is 10.3. The topological polar surface area (TPSA) is 80.1 Å². The Bertz CT molecular complexity index is 889. The molecule has 170 valence electrons. The van der Waals surface area contributed by atoms with Crippen LogP contribution in [-0.4, -0.2) is 68.8 Å². The summed E-state index contributed by atoms with van der Waals surface area (Å²) in [5, 5.41) is 12.8. The first-order valence-corrected chi connectivity index (χ1v) is 13.0. The first-order valence-electron chi connectivity index (χ1n) is 11.7.